The van der Waals surface area contributed by atoms with Gasteiger partial charge in [-0.05, 0) is 240 Å². The summed E-state index contributed by atoms with van der Waals surface area (Å²) in [6, 6.07) is 42.5. The molecule has 15 rings (SSSR count). The summed E-state index contributed by atoms with van der Waals surface area (Å²) in [5, 5.41) is 59.1. The SMILES string of the molecule is COc1cc(CC[NH2+]CCCCc2cn(CCCCC3=CC4Cc5nc6cc(Cl)ccc6c(N)c5C(C3)C4)nn2)c(Cc2ccccc2)cc1OC.COc1cc2c(cc1C)CCN(CCCc1cn(CCCCC3=CC4Cc5[nH+]c6cc(Cl)ccc6c(N)c5C(C3)C4)nn1)C2c1ccccc1.O=C([O-])C(F)(F)F.O=C([O-])C(F)(F)F.O=C([O-])C(F)(F)F.O=C([O-])C(F)(F)F. The van der Waals surface area contributed by atoms with Crippen molar-refractivity contribution in [2.24, 2.45) is 11.8 Å². The number of aromatic nitrogens is 8. The molecule has 37 heteroatoms. The molecule has 0 spiro atoms. The summed E-state index contributed by atoms with van der Waals surface area (Å²) in [6.45, 7) is 8.17. The minimum atomic E-state index is -5.19. The fraction of sp³-hybridized carbons (Fsp3) is 0.419. The van der Waals surface area contributed by atoms with Crippen LogP contribution in [-0.2, 0) is 77.2 Å². The van der Waals surface area contributed by atoms with Crippen LogP contribution in [0.25, 0.3) is 21.8 Å². The zero-order chi connectivity index (χ0) is 94.4. The van der Waals surface area contributed by atoms with E-state index in [4.69, 9.17) is 93.5 Å². The highest BCUT2D eigenvalue weighted by molar-refractivity contribution is 6.31. The number of anilines is 2. The number of carbonyl (C=O) groups excluding carboxylic acids is 4. The van der Waals surface area contributed by atoms with Gasteiger partial charge in [0.25, 0.3) is 0 Å². The molecule has 6 aromatic carbocycles. The van der Waals surface area contributed by atoms with E-state index in [1.54, 1.807) is 32.5 Å². The first kappa shape index (κ1) is 101. The van der Waals surface area contributed by atoms with E-state index in [1.807, 2.05) is 39.7 Å². The average molecular weight is 1860 g/mol. The van der Waals surface area contributed by atoms with Crippen LogP contribution >= 0.6 is 23.2 Å². The van der Waals surface area contributed by atoms with Gasteiger partial charge in [0.1, 0.15) is 29.6 Å². The van der Waals surface area contributed by atoms with E-state index in [2.05, 4.69) is 158 Å². The number of carboxylic acids is 4. The lowest BCUT2D eigenvalue weighted by Crippen LogP contribution is -2.84. The number of nitrogens with two attached hydrogens (primary N) is 3. The summed E-state index contributed by atoms with van der Waals surface area (Å²) in [7, 11) is 5.18. The minimum Gasteiger partial charge on any atom is -0.542 e. The maximum atomic E-state index is 10.5. The van der Waals surface area contributed by atoms with Crippen LogP contribution in [0.15, 0.2) is 157 Å². The Bertz CT molecular complexity index is 5500. The number of carboxylic acid groups (broad SMARTS) is 4. The van der Waals surface area contributed by atoms with Gasteiger partial charge >= 0.3 is 24.7 Å². The van der Waals surface area contributed by atoms with Crippen LogP contribution in [0.2, 0.25) is 10.0 Å². The lowest BCUT2D eigenvalue weighted by Gasteiger charge is -2.38. The average Bonchev–Trinajstić information content (AvgIpc) is 0.897. The van der Waals surface area contributed by atoms with E-state index in [-0.39, 0.29) is 6.04 Å². The number of fused-ring (bicyclic) bond motifs is 11. The Morgan fingerprint density at radius 1 is 0.531 bits per heavy atom. The predicted molar refractivity (Wildman–Crippen MR) is 454 cm³/mol. The van der Waals surface area contributed by atoms with Crippen LogP contribution in [0.5, 0.6) is 17.2 Å². The number of unbranched alkanes of at least 4 members (excludes halogenated alkanes) is 3. The second kappa shape index (κ2) is 45.8. The predicted octanol–water partition coefficient (Wildman–Crippen LogP) is 13.1. The Labute approximate surface area is 752 Å². The molecule has 23 nitrogen and oxygen atoms in total. The van der Waals surface area contributed by atoms with Crippen molar-refractivity contribution < 1.29 is 117 Å². The number of benzene rings is 6. The van der Waals surface area contributed by atoms with Crippen molar-refractivity contribution in [1.29, 1.82) is 0 Å². The number of allylic oxidation sites excluding steroid dienone is 4. The van der Waals surface area contributed by atoms with E-state index in [9.17, 15) is 52.7 Å². The number of carbonyl (C=O) groups is 4. The third-order valence-electron chi connectivity index (χ3n) is 23.2. The van der Waals surface area contributed by atoms with Gasteiger partial charge in [-0.1, -0.05) is 124 Å². The quantitative estimate of drug-likeness (QED) is 0.0233. The van der Waals surface area contributed by atoms with E-state index in [0.717, 1.165) is 222 Å². The largest absolute Gasteiger partial charge is 0.542 e. The molecule has 1 aliphatic heterocycles. The Kier molecular flexibility index (Phi) is 35.4. The van der Waals surface area contributed by atoms with E-state index in [1.165, 1.54) is 74.3 Å². The molecule has 7 N–H and O–H groups in total. The fourth-order valence-electron chi connectivity index (χ4n) is 17.4. The molecule has 10 aromatic rings. The summed E-state index contributed by atoms with van der Waals surface area (Å²) < 4.78 is 147. The van der Waals surface area contributed by atoms with Crippen molar-refractivity contribution in [3.8, 4) is 17.2 Å². The number of aryl methyl sites for hydroxylation is 5. The van der Waals surface area contributed by atoms with Gasteiger partial charge in [-0.25, -0.2) is 4.98 Å². The van der Waals surface area contributed by atoms with Gasteiger partial charge in [0.15, 0.2) is 17.2 Å². The lowest BCUT2D eigenvalue weighted by atomic mass is 9.70. The molecule has 4 bridgehead atoms. The molecule has 4 aliphatic carbocycles. The molecule has 0 saturated heterocycles. The lowest BCUT2D eigenvalue weighted by molar-refractivity contribution is -0.654. The summed E-state index contributed by atoms with van der Waals surface area (Å²) in [5.41, 5.74) is 37.0. The smallest absolute Gasteiger partial charge is 0.430 e. The minimum absolute atomic E-state index is 0.230. The number of hydrogen-bond acceptors (Lipinski definition) is 19. The molecule has 5 atom stereocenters. The van der Waals surface area contributed by atoms with Crippen LogP contribution < -0.4 is 56.4 Å². The first-order chi connectivity index (χ1) is 61.7. The number of alkyl halides is 12. The number of ether oxygens (including phenoxy) is 3. The van der Waals surface area contributed by atoms with Crippen molar-refractivity contribution in [3.63, 3.8) is 0 Å². The van der Waals surface area contributed by atoms with Crippen LogP contribution in [0.1, 0.15) is 174 Å². The number of hydrogen-bond donors (Lipinski definition) is 3. The second-order valence-corrected chi connectivity index (χ2v) is 33.3. The molecule has 0 saturated carbocycles. The van der Waals surface area contributed by atoms with Gasteiger partial charge in [0, 0.05) is 88.9 Å². The first-order valence-corrected chi connectivity index (χ1v) is 43.1. The third kappa shape index (κ3) is 28.5. The van der Waals surface area contributed by atoms with E-state index >= 15 is 0 Å². The third-order valence-corrected chi connectivity index (χ3v) is 23.6. The summed E-state index contributed by atoms with van der Waals surface area (Å²) in [5.74, 6) is -7.39. The van der Waals surface area contributed by atoms with Gasteiger partial charge < -0.3 is 70.6 Å². The molecular weight excluding hydrogens is 1760 g/mol. The van der Waals surface area contributed by atoms with Crippen molar-refractivity contribution >= 4 is 80.3 Å². The number of methoxy groups -OCH3 is 3. The number of aromatic amines is 1. The number of nitrogen functional groups attached to an aromatic ring is 2. The summed E-state index contributed by atoms with van der Waals surface area (Å²) >= 11 is 12.5. The number of nitrogens with zero attached hydrogens (tertiary/aromatic N) is 8. The number of nitrogens with one attached hydrogen (secondary N) is 1. The fourth-order valence-corrected chi connectivity index (χ4v) is 17.7. The maximum Gasteiger partial charge on any atom is 0.430 e. The summed E-state index contributed by atoms with van der Waals surface area (Å²) in [6.07, 6.45) is 10.1. The molecule has 0 amide bonds. The molecule has 0 fully saturated rings. The molecular formula is C93H100Cl2F12N12O11-2. The Morgan fingerprint density at radius 3 is 1.57 bits per heavy atom. The molecule has 130 heavy (non-hydrogen) atoms. The highest BCUT2D eigenvalue weighted by atomic mass is 35.5. The Balaban J connectivity index is 0.000000209. The highest BCUT2D eigenvalue weighted by Crippen LogP contribution is 2.50. The van der Waals surface area contributed by atoms with E-state index < -0.39 is 48.6 Å². The van der Waals surface area contributed by atoms with Crippen molar-refractivity contribution in [1.82, 2.24) is 39.9 Å². The van der Waals surface area contributed by atoms with Crippen LogP contribution in [0, 0.1) is 18.8 Å². The number of quaternary nitrogens is 1. The first-order valence-electron chi connectivity index (χ1n) is 42.3. The zero-order valence-corrected chi connectivity index (χ0v) is 73.2. The van der Waals surface area contributed by atoms with Gasteiger partial charge in [0.2, 0.25) is 5.52 Å². The van der Waals surface area contributed by atoms with Gasteiger partial charge in [-0.3, -0.25) is 19.2 Å². The maximum absolute atomic E-state index is 10.5. The van der Waals surface area contributed by atoms with Gasteiger partial charge in [-0.2, -0.15) is 52.7 Å². The topological polar surface area (TPSA) is 349 Å². The molecule has 0 radical (unpaired) electrons. The van der Waals surface area contributed by atoms with Crippen LogP contribution in [-0.4, -0.2) is 136 Å². The number of H-pyrrole nitrogens is 1. The number of halogens is 14. The molecule has 4 aromatic heterocycles. The van der Waals surface area contributed by atoms with Crippen LogP contribution in [0.3, 0.4) is 0 Å². The molecule has 5 aliphatic rings. The van der Waals surface area contributed by atoms with E-state index in [0.29, 0.717) is 28.7 Å². The van der Waals surface area contributed by atoms with Gasteiger partial charge in [0.05, 0.1) is 68.4 Å². The summed E-state index contributed by atoms with van der Waals surface area (Å²) in [4.78, 5) is 46.5. The van der Waals surface area contributed by atoms with Crippen molar-refractivity contribution in [2.75, 3.05) is 59.0 Å². The van der Waals surface area contributed by atoms with Gasteiger partial charge in [-0.15, -0.1) is 10.2 Å². The number of rotatable bonds is 28. The van der Waals surface area contributed by atoms with Crippen LogP contribution in [0.4, 0.5) is 64.1 Å². The van der Waals surface area contributed by atoms with Crippen molar-refractivity contribution in [3.05, 3.63) is 240 Å². The standard InChI is InChI=1S/C43H51ClN6O2.C42H47ClN6O.4C2HF3O2/c1-51-40-25-32(33(26-41(40)52-2)21-29-10-4-3-5-11-29)16-18-46-17-8-6-13-36-28-50(49-48-36)19-9-7-12-30-20-31-23-34(22-30)42-39(24-31)47-38-27-35(44)14-15-37(38)43(42)45;1-27-19-31-15-18-48(42(30-10-4-3-5-11-30)36(31)25-39(27)50-2)16-8-12-34-26-49(47-46-34)17-7-6-9-28-20-29-22-32(21-28)40-38(23-29)45-37-24-33(43)13-14-35(37)41(40)44;4*3-2(4,5)1(6)7/h3-5,10-11,14-15,20,25-28,31,34,46H,6-9,12-13,16-19,21-24H2,1-2H3,(H2,45,47);3-5,10-11,13-14,19-20,24-26,29,32,42H,6-9,12,15-18,21-23H2,1-2H3,(H2,44,45);4*(H,6,7)/p-2. The highest BCUT2D eigenvalue weighted by Gasteiger charge is 2.39. The monoisotopic (exact) mass is 1860 g/mol. The second-order valence-electron chi connectivity index (χ2n) is 32.5. The Morgan fingerprint density at radius 2 is 1.02 bits per heavy atom. The number of pyridine rings is 2. The Hall–Kier alpha value is -11.6. The normalized spacial score (nSPS) is 16.7. The molecule has 5 unspecified atom stereocenters. The molecule has 698 valence electrons. The number of aliphatic carboxylic acids is 4. The zero-order valence-electron chi connectivity index (χ0n) is 71.7. The molecule has 5 heterocycles. The van der Waals surface area contributed by atoms with Crippen molar-refractivity contribution in [2.45, 2.75) is 191 Å².